The van der Waals surface area contributed by atoms with Crippen LogP contribution >= 0.6 is 11.6 Å². The summed E-state index contributed by atoms with van der Waals surface area (Å²) >= 11 is 6.16. The second-order valence-corrected chi connectivity index (χ2v) is 4.96. The molecule has 0 amide bonds. The third kappa shape index (κ3) is 2.55. The molecule has 1 saturated heterocycles. The van der Waals surface area contributed by atoms with E-state index in [4.69, 9.17) is 25.8 Å². The Balaban J connectivity index is 2.39. The predicted molar refractivity (Wildman–Crippen MR) is 72.4 cm³/mol. The van der Waals surface area contributed by atoms with Crippen molar-refractivity contribution in [2.45, 2.75) is 19.4 Å². The van der Waals surface area contributed by atoms with Gasteiger partial charge in [0.1, 0.15) is 16.9 Å². The third-order valence-electron chi connectivity index (χ3n) is 3.40. The monoisotopic (exact) mass is 284 g/mol. The Morgan fingerprint density at radius 1 is 1.37 bits per heavy atom. The van der Waals surface area contributed by atoms with E-state index in [0.717, 1.165) is 6.42 Å². The number of carbonyl (C=O) groups excluding carboxylic acids is 1. The Morgan fingerprint density at radius 2 is 2.11 bits per heavy atom. The van der Waals surface area contributed by atoms with Gasteiger partial charge >= 0.3 is 0 Å². The zero-order valence-electron chi connectivity index (χ0n) is 11.2. The number of methoxy groups -OCH3 is 2. The summed E-state index contributed by atoms with van der Waals surface area (Å²) in [6, 6.07) is 3.33. The van der Waals surface area contributed by atoms with Crippen molar-refractivity contribution in [3.63, 3.8) is 0 Å². The van der Waals surface area contributed by atoms with Crippen molar-refractivity contribution in [2.24, 2.45) is 5.92 Å². The van der Waals surface area contributed by atoms with Crippen LogP contribution in [0, 0.1) is 5.92 Å². The average molecular weight is 285 g/mol. The lowest BCUT2D eigenvalue weighted by Gasteiger charge is -2.17. The van der Waals surface area contributed by atoms with Crippen molar-refractivity contribution in [2.75, 3.05) is 20.8 Å². The smallest absolute Gasteiger partial charge is 0.195 e. The highest BCUT2D eigenvalue weighted by atomic mass is 35.5. The maximum atomic E-state index is 12.5. The van der Waals surface area contributed by atoms with E-state index in [2.05, 4.69) is 0 Å². The zero-order valence-corrected chi connectivity index (χ0v) is 12.0. The summed E-state index contributed by atoms with van der Waals surface area (Å²) < 4.78 is 15.9. The highest BCUT2D eigenvalue weighted by molar-refractivity contribution is 6.34. The van der Waals surface area contributed by atoms with Crippen LogP contribution < -0.4 is 9.47 Å². The molecule has 2 rings (SSSR count). The van der Waals surface area contributed by atoms with Crippen LogP contribution in [0.1, 0.15) is 23.7 Å². The molecule has 0 spiro atoms. The molecule has 5 heteroatoms. The first kappa shape index (κ1) is 14.2. The molecule has 1 aliphatic heterocycles. The second kappa shape index (κ2) is 5.80. The van der Waals surface area contributed by atoms with Gasteiger partial charge in [-0.15, -0.1) is 0 Å². The molecule has 0 radical (unpaired) electrons. The molecule has 4 nitrogen and oxygen atoms in total. The molecule has 0 bridgehead atoms. The van der Waals surface area contributed by atoms with Crippen molar-refractivity contribution >= 4 is 17.4 Å². The Bertz CT molecular complexity index is 487. The molecule has 0 N–H and O–H groups in total. The molecular weight excluding hydrogens is 268 g/mol. The van der Waals surface area contributed by atoms with Gasteiger partial charge in [0.15, 0.2) is 11.5 Å². The van der Waals surface area contributed by atoms with E-state index in [9.17, 15) is 4.79 Å². The van der Waals surface area contributed by atoms with E-state index < -0.39 is 6.10 Å². The molecule has 1 aliphatic rings. The number of hydrogen-bond donors (Lipinski definition) is 0. The number of carbonyl (C=O) groups is 1. The second-order valence-electron chi connectivity index (χ2n) is 4.58. The van der Waals surface area contributed by atoms with Gasteiger partial charge in [0.05, 0.1) is 19.8 Å². The van der Waals surface area contributed by atoms with Crippen LogP contribution in [-0.4, -0.2) is 32.7 Å². The van der Waals surface area contributed by atoms with Crippen molar-refractivity contribution < 1.29 is 19.0 Å². The van der Waals surface area contributed by atoms with Gasteiger partial charge in [-0.25, -0.2) is 0 Å². The lowest BCUT2D eigenvalue weighted by atomic mass is 9.95. The van der Waals surface area contributed by atoms with Crippen LogP contribution in [0.2, 0.25) is 5.02 Å². The predicted octanol–water partition coefficient (Wildman–Crippen LogP) is 2.96. The third-order valence-corrected chi connectivity index (χ3v) is 3.75. The first-order valence-corrected chi connectivity index (χ1v) is 6.54. The zero-order chi connectivity index (χ0) is 14.0. The van der Waals surface area contributed by atoms with E-state index in [0.29, 0.717) is 28.7 Å². The molecule has 2 unspecified atom stereocenters. The number of Topliss-reactive ketones (excluding diaryl/α,β-unsaturated/α-hetero) is 1. The minimum absolute atomic E-state index is 0.0913. The molecule has 0 saturated carbocycles. The van der Waals surface area contributed by atoms with Crippen molar-refractivity contribution in [1.29, 1.82) is 0 Å². The fourth-order valence-electron chi connectivity index (χ4n) is 2.27. The Kier molecular flexibility index (Phi) is 4.32. The molecule has 1 aromatic carbocycles. The molecule has 0 aliphatic carbocycles. The Labute approximate surface area is 117 Å². The minimum Gasteiger partial charge on any atom is -0.495 e. The number of ether oxygens (including phenoxy) is 3. The number of hydrogen-bond acceptors (Lipinski definition) is 4. The molecule has 1 aromatic rings. The standard InChI is InChI=1S/C14H17ClO4/c1-8-6-7-19-13(8)12(16)9-4-5-10(17-2)11(15)14(9)18-3/h4-5,8,13H,6-7H2,1-3H3. The topological polar surface area (TPSA) is 44.8 Å². The van der Waals surface area contributed by atoms with Gasteiger partial charge in [0, 0.05) is 6.61 Å². The van der Waals surface area contributed by atoms with Gasteiger partial charge in [0.2, 0.25) is 0 Å². The number of ketones is 1. The normalized spacial score (nSPS) is 22.3. The lowest BCUT2D eigenvalue weighted by molar-refractivity contribution is 0.0576. The van der Waals surface area contributed by atoms with Gasteiger partial charge in [-0.1, -0.05) is 18.5 Å². The van der Waals surface area contributed by atoms with Crippen LogP contribution in [0.3, 0.4) is 0 Å². The first-order chi connectivity index (χ1) is 9.10. The van der Waals surface area contributed by atoms with Gasteiger partial charge in [0.25, 0.3) is 0 Å². The SMILES string of the molecule is COc1ccc(C(=O)C2OCCC2C)c(OC)c1Cl. The van der Waals surface area contributed by atoms with E-state index in [1.54, 1.807) is 12.1 Å². The Morgan fingerprint density at radius 3 is 2.63 bits per heavy atom. The van der Waals surface area contributed by atoms with Crippen molar-refractivity contribution in [1.82, 2.24) is 0 Å². The fraction of sp³-hybridized carbons (Fsp3) is 0.500. The average Bonchev–Trinajstić information content (AvgIpc) is 2.83. The highest BCUT2D eigenvalue weighted by Crippen LogP contribution is 2.38. The first-order valence-electron chi connectivity index (χ1n) is 6.16. The molecule has 0 aromatic heterocycles. The summed E-state index contributed by atoms with van der Waals surface area (Å²) in [7, 11) is 3.00. The number of halogens is 1. The number of benzene rings is 1. The minimum atomic E-state index is -0.418. The van der Waals surface area contributed by atoms with Crippen LogP contribution in [0.5, 0.6) is 11.5 Å². The van der Waals surface area contributed by atoms with Crippen LogP contribution in [0.15, 0.2) is 12.1 Å². The summed E-state index contributed by atoms with van der Waals surface area (Å²) in [6.07, 6.45) is 0.473. The molecule has 2 atom stereocenters. The Hall–Kier alpha value is -1.26. The van der Waals surface area contributed by atoms with Crippen LogP contribution in [0.25, 0.3) is 0 Å². The van der Waals surface area contributed by atoms with E-state index in [1.807, 2.05) is 6.92 Å². The molecule has 19 heavy (non-hydrogen) atoms. The molecule has 104 valence electrons. The maximum absolute atomic E-state index is 12.5. The molecule has 1 fully saturated rings. The summed E-state index contributed by atoms with van der Waals surface area (Å²) in [5, 5.41) is 0.307. The summed E-state index contributed by atoms with van der Waals surface area (Å²) in [4.78, 5) is 12.5. The largest absolute Gasteiger partial charge is 0.495 e. The number of rotatable bonds is 4. The summed E-state index contributed by atoms with van der Waals surface area (Å²) in [5.41, 5.74) is 0.437. The van der Waals surface area contributed by atoms with E-state index in [1.165, 1.54) is 14.2 Å². The van der Waals surface area contributed by atoms with Crippen molar-refractivity contribution in [3.05, 3.63) is 22.7 Å². The molecular formula is C14H17ClO4. The lowest BCUT2D eigenvalue weighted by Crippen LogP contribution is -2.25. The van der Waals surface area contributed by atoms with Gasteiger partial charge in [-0.05, 0) is 24.5 Å². The highest BCUT2D eigenvalue weighted by Gasteiger charge is 2.33. The fourth-order valence-corrected chi connectivity index (χ4v) is 2.59. The van der Waals surface area contributed by atoms with Gasteiger partial charge in [-0.2, -0.15) is 0 Å². The van der Waals surface area contributed by atoms with Crippen LogP contribution in [-0.2, 0) is 4.74 Å². The summed E-state index contributed by atoms with van der Waals surface area (Å²) in [5.74, 6) is 0.939. The quantitative estimate of drug-likeness (QED) is 0.798. The van der Waals surface area contributed by atoms with Gasteiger partial charge < -0.3 is 14.2 Å². The van der Waals surface area contributed by atoms with Crippen molar-refractivity contribution in [3.8, 4) is 11.5 Å². The van der Waals surface area contributed by atoms with E-state index >= 15 is 0 Å². The molecule has 1 heterocycles. The summed E-state index contributed by atoms with van der Waals surface area (Å²) in [6.45, 7) is 2.62. The maximum Gasteiger partial charge on any atom is 0.195 e. The van der Waals surface area contributed by atoms with E-state index in [-0.39, 0.29) is 11.7 Å². The van der Waals surface area contributed by atoms with Crippen LogP contribution in [0.4, 0.5) is 0 Å². The van der Waals surface area contributed by atoms with Gasteiger partial charge in [-0.3, -0.25) is 4.79 Å².